The van der Waals surface area contributed by atoms with Crippen LogP contribution >= 0.6 is 15.6 Å². The first-order valence-electron chi connectivity index (χ1n) is 12.8. The van der Waals surface area contributed by atoms with E-state index in [4.69, 9.17) is 34.0 Å². The third-order valence-corrected chi connectivity index (χ3v) is 8.48. The van der Waals surface area contributed by atoms with Crippen LogP contribution in [0, 0.1) is 0 Å². The number of nitrogens with one attached hydrogen (secondary N) is 1. The number of anilines is 1. The molecule has 5 unspecified atom stereocenters. The molecule has 4 aromatic heterocycles. The minimum absolute atomic E-state index is 0.0539. The lowest BCUT2D eigenvalue weighted by molar-refractivity contribution is -0.0582. The standard InChI is InChI=1S/C20H25N9O14P2/c21-15-9-16(23-3-22-15)28(5-26-9)19-12(31)11(30)7(41-19)1-40-45(37,38)43-14-8(2-39-44(34,35)36)42-20(13(14)32)29-6-27-10-17(29)24-4-25-18(10)33/h3-8,11-14,19-20,30-32H,1-2H2,(H,37,38)(H2,21,22,23)(H,24,25,33)(H2,34,35,36)/t7?,8?,11-,12-,13-,14-,19?,20?/m1/s1. The van der Waals surface area contributed by atoms with Gasteiger partial charge in [0.05, 0.1) is 32.2 Å². The zero-order valence-corrected chi connectivity index (χ0v) is 24.2. The van der Waals surface area contributed by atoms with E-state index in [0.29, 0.717) is 0 Å². The average Bonchev–Trinajstić information content (AvgIpc) is 3.73. The number of hydrogen-bond donors (Lipinski definition) is 8. The lowest BCUT2D eigenvalue weighted by Gasteiger charge is -2.24. The highest BCUT2D eigenvalue weighted by Crippen LogP contribution is 2.50. The molecule has 2 saturated heterocycles. The van der Waals surface area contributed by atoms with Gasteiger partial charge in [0.25, 0.3) is 5.56 Å². The number of aromatic nitrogens is 8. The molecule has 0 aliphatic carbocycles. The average molecular weight is 677 g/mol. The van der Waals surface area contributed by atoms with Crippen LogP contribution in [0.25, 0.3) is 22.3 Å². The molecule has 2 aliphatic rings. The summed E-state index contributed by atoms with van der Waals surface area (Å²) in [5.74, 6) is 0.0565. The maximum absolute atomic E-state index is 13.0. The monoisotopic (exact) mass is 677 g/mol. The zero-order chi connectivity index (χ0) is 32.3. The van der Waals surface area contributed by atoms with Crippen molar-refractivity contribution >= 4 is 43.8 Å². The molecule has 0 bridgehead atoms. The van der Waals surface area contributed by atoms with Crippen LogP contribution in [0.2, 0.25) is 0 Å². The van der Waals surface area contributed by atoms with E-state index in [9.17, 15) is 34.1 Å². The number of aromatic amines is 1. The van der Waals surface area contributed by atoms with Gasteiger partial charge in [-0.05, 0) is 0 Å². The van der Waals surface area contributed by atoms with Gasteiger partial charge in [0, 0.05) is 0 Å². The highest BCUT2D eigenvalue weighted by Gasteiger charge is 2.51. The summed E-state index contributed by atoms with van der Waals surface area (Å²) in [5.41, 5.74) is 5.36. The molecular weight excluding hydrogens is 652 g/mol. The van der Waals surface area contributed by atoms with Crippen LogP contribution in [0.3, 0.4) is 0 Å². The molecule has 0 amide bonds. The third kappa shape index (κ3) is 6.14. The number of nitrogen functional groups attached to an aromatic ring is 1. The molecule has 25 heteroatoms. The number of nitrogens with zero attached hydrogens (tertiary/aromatic N) is 7. The van der Waals surface area contributed by atoms with E-state index in [0.717, 1.165) is 23.5 Å². The quantitative estimate of drug-likeness (QED) is 0.0777. The number of hydrogen-bond acceptors (Lipinski definition) is 17. The van der Waals surface area contributed by atoms with Gasteiger partial charge in [0.2, 0.25) is 0 Å². The summed E-state index contributed by atoms with van der Waals surface area (Å²) in [6.45, 7) is -1.74. The summed E-state index contributed by atoms with van der Waals surface area (Å²) in [5, 5.41) is 32.2. The van der Waals surface area contributed by atoms with E-state index in [1.807, 2.05) is 0 Å². The van der Waals surface area contributed by atoms with Crippen molar-refractivity contribution < 1.29 is 62.2 Å². The summed E-state index contributed by atoms with van der Waals surface area (Å²) in [7, 11) is -10.3. The Balaban J connectivity index is 1.17. The largest absolute Gasteiger partial charge is 0.472 e. The van der Waals surface area contributed by atoms with Gasteiger partial charge < -0.3 is 50.2 Å². The Morgan fingerprint density at radius 3 is 2.18 bits per heavy atom. The van der Waals surface area contributed by atoms with E-state index in [1.54, 1.807) is 0 Å². The third-order valence-electron chi connectivity index (χ3n) is 7.01. The molecule has 2 fully saturated rings. The highest BCUT2D eigenvalue weighted by molar-refractivity contribution is 7.47. The minimum Gasteiger partial charge on any atom is -0.387 e. The number of fused-ring (bicyclic) bond motifs is 2. The Kier molecular flexibility index (Phi) is 8.33. The summed E-state index contributed by atoms with van der Waals surface area (Å²) in [6.07, 6.45) is -8.03. The molecular formula is C20H25N9O14P2. The van der Waals surface area contributed by atoms with Crippen molar-refractivity contribution in [1.29, 1.82) is 0 Å². The second kappa shape index (κ2) is 11.8. The van der Waals surface area contributed by atoms with Gasteiger partial charge in [-0.15, -0.1) is 0 Å². The summed E-state index contributed by atoms with van der Waals surface area (Å²) >= 11 is 0. The summed E-state index contributed by atoms with van der Waals surface area (Å²) < 4.78 is 52.7. The molecule has 6 heterocycles. The number of rotatable bonds is 10. The summed E-state index contributed by atoms with van der Waals surface area (Å²) in [6, 6.07) is 0. The molecule has 6 rings (SSSR count). The van der Waals surface area contributed by atoms with Crippen molar-refractivity contribution in [2.75, 3.05) is 18.9 Å². The Bertz CT molecular complexity index is 1860. The second-order valence-electron chi connectivity index (χ2n) is 9.86. The van der Waals surface area contributed by atoms with Crippen molar-refractivity contribution in [3.63, 3.8) is 0 Å². The number of ether oxygens (including phenoxy) is 2. The van der Waals surface area contributed by atoms with Crippen LogP contribution in [-0.2, 0) is 32.2 Å². The Labute approximate surface area is 249 Å². The van der Waals surface area contributed by atoms with Gasteiger partial charge in [-0.2, -0.15) is 0 Å². The van der Waals surface area contributed by atoms with Gasteiger partial charge in [-0.1, -0.05) is 0 Å². The zero-order valence-electron chi connectivity index (χ0n) is 22.4. The van der Waals surface area contributed by atoms with Gasteiger partial charge in [0.15, 0.2) is 35.1 Å². The van der Waals surface area contributed by atoms with E-state index in [-0.39, 0.29) is 28.1 Å². The van der Waals surface area contributed by atoms with Gasteiger partial charge >= 0.3 is 15.6 Å². The predicted octanol–water partition coefficient (Wildman–Crippen LogP) is -2.97. The molecule has 0 radical (unpaired) electrons. The van der Waals surface area contributed by atoms with Crippen molar-refractivity contribution in [2.45, 2.75) is 49.1 Å². The molecule has 2 aliphatic heterocycles. The fourth-order valence-corrected chi connectivity index (χ4v) is 6.24. The van der Waals surface area contributed by atoms with Crippen LogP contribution in [0.1, 0.15) is 12.5 Å². The van der Waals surface area contributed by atoms with Crippen molar-refractivity contribution in [2.24, 2.45) is 0 Å². The van der Waals surface area contributed by atoms with Crippen LogP contribution in [0.4, 0.5) is 5.82 Å². The van der Waals surface area contributed by atoms with E-state index >= 15 is 0 Å². The number of aliphatic hydroxyl groups excluding tert-OH is 3. The minimum atomic E-state index is -5.18. The molecule has 244 valence electrons. The first kappa shape index (κ1) is 31.7. The number of imidazole rings is 2. The van der Waals surface area contributed by atoms with E-state index in [2.05, 4.69) is 34.4 Å². The Hall–Kier alpha value is -3.28. The van der Waals surface area contributed by atoms with Crippen LogP contribution in [0.15, 0.2) is 30.1 Å². The number of aliphatic hydroxyl groups is 3. The van der Waals surface area contributed by atoms with Crippen LogP contribution < -0.4 is 11.3 Å². The maximum atomic E-state index is 13.0. The predicted molar refractivity (Wildman–Crippen MR) is 142 cm³/mol. The first-order chi connectivity index (χ1) is 21.2. The molecule has 0 spiro atoms. The van der Waals surface area contributed by atoms with Gasteiger partial charge in [0.1, 0.15) is 48.5 Å². The topological polar surface area (TPSA) is 335 Å². The number of phosphoric acid groups is 2. The fourth-order valence-electron chi connectivity index (χ4n) is 4.94. The smallest absolute Gasteiger partial charge is 0.387 e. The molecule has 9 atom stereocenters. The van der Waals surface area contributed by atoms with Gasteiger partial charge in [-0.3, -0.25) is 27.5 Å². The maximum Gasteiger partial charge on any atom is 0.472 e. The van der Waals surface area contributed by atoms with E-state index < -0.39 is 83.5 Å². The molecule has 9 N–H and O–H groups in total. The van der Waals surface area contributed by atoms with E-state index in [1.165, 1.54) is 10.9 Å². The van der Waals surface area contributed by atoms with Crippen molar-refractivity contribution in [1.82, 2.24) is 39.0 Å². The van der Waals surface area contributed by atoms with Crippen molar-refractivity contribution in [3.8, 4) is 0 Å². The summed E-state index contributed by atoms with van der Waals surface area (Å²) in [4.78, 5) is 63.0. The molecule has 4 aromatic rings. The van der Waals surface area contributed by atoms with Crippen LogP contribution in [0.5, 0.6) is 0 Å². The molecule has 45 heavy (non-hydrogen) atoms. The van der Waals surface area contributed by atoms with Crippen LogP contribution in [-0.4, -0.2) is 119 Å². The number of phosphoric ester groups is 2. The van der Waals surface area contributed by atoms with Crippen molar-refractivity contribution in [3.05, 3.63) is 35.7 Å². The number of nitrogens with two attached hydrogens (primary N) is 1. The highest BCUT2D eigenvalue weighted by atomic mass is 31.2. The normalized spacial score (nSPS) is 30.4. The fraction of sp³-hybridized carbons (Fsp3) is 0.500. The van der Waals surface area contributed by atoms with Gasteiger partial charge in [-0.25, -0.2) is 34.0 Å². The lowest BCUT2D eigenvalue weighted by Crippen LogP contribution is -2.37. The Morgan fingerprint density at radius 1 is 0.844 bits per heavy atom. The molecule has 23 nitrogen and oxygen atoms in total. The first-order valence-corrected chi connectivity index (χ1v) is 15.8. The molecule has 0 aromatic carbocycles. The second-order valence-corrected chi connectivity index (χ2v) is 12.5. The SMILES string of the molecule is Nc1ncnc2c1ncn2C1OC(COP(=O)(O)O[C@@H]2C(COP(=O)(O)O)OC(n3cnc4c(=O)[nH]cnc43)[C@@H]2O)[C@@H](O)[C@H]1O. The Morgan fingerprint density at radius 2 is 1.47 bits per heavy atom. The number of H-pyrrole nitrogens is 1. The lowest BCUT2D eigenvalue weighted by atomic mass is 10.1. The molecule has 0 saturated carbocycles.